The third-order valence-corrected chi connectivity index (χ3v) is 4.84. The Bertz CT molecular complexity index is 691. The van der Waals surface area contributed by atoms with Crippen LogP contribution in [0, 0.1) is 0 Å². The lowest BCUT2D eigenvalue weighted by Gasteiger charge is -2.33. The maximum atomic E-state index is 13.9. The number of unbranched alkanes of at least 4 members (excludes halogenated alkanes) is 1. The summed E-state index contributed by atoms with van der Waals surface area (Å²) < 4.78 is 51.8. The van der Waals surface area contributed by atoms with Gasteiger partial charge in [-0.05, 0) is 12.8 Å². The van der Waals surface area contributed by atoms with Gasteiger partial charge in [0.2, 0.25) is 0 Å². The number of carbonyl (C=O) groups excluding carboxylic acids is 1. The van der Waals surface area contributed by atoms with E-state index in [-0.39, 0.29) is 5.56 Å². The molecule has 1 aromatic heterocycles. The minimum absolute atomic E-state index is 0.326. The zero-order chi connectivity index (χ0) is 19.2. The van der Waals surface area contributed by atoms with Crippen LogP contribution in [0.5, 0.6) is 0 Å². The lowest BCUT2D eigenvalue weighted by atomic mass is 9.92. The van der Waals surface area contributed by atoms with E-state index in [9.17, 15) is 18.0 Å². The lowest BCUT2D eigenvalue weighted by Crippen LogP contribution is -2.52. The van der Waals surface area contributed by atoms with Crippen LogP contribution in [0.2, 0.25) is 0 Å². The number of methoxy groups -OCH3 is 1. The first-order valence-corrected chi connectivity index (χ1v) is 9.02. The molecule has 142 valence electrons. The van der Waals surface area contributed by atoms with Crippen molar-refractivity contribution in [3.8, 4) is 0 Å². The Kier molecular flexibility index (Phi) is 6.77. The van der Waals surface area contributed by atoms with Crippen molar-refractivity contribution in [3.05, 3.63) is 52.5 Å². The van der Waals surface area contributed by atoms with E-state index in [4.69, 9.17) is 9.47 Å². The maximum absolute atomic E-state index is 13.9. The summed E-state index contributed by atoms with van der Waals surface area (Å²) in [5, 5.41) is 2.15. The summed E-state index contributed by atoms with van der Waals surface area (Å²) >= 11 is 1.23. The number of hydrogen-bond acceptors (Lipinski definition) is 5. The number of nitrogens with zero attached hydrogens (tertiary/aromatic N) is 1. The van der Waals surface area contributed by atoms with Crippen LogP contribution in [0.4, 0.5) is 13.2 Å². The van der Waals surface area contributed by atoms with Crippen molar-refractivity contribution in [2.45, 2.75) is 44.1 Å². The lowest BCUT2D eigenvalue weighted by molar-refractivity contribution is -0.278. The first-order valence-electron chi connectivity index (χ1n) is 8.14. The summed E-state index contributed by atoms with van der Waals surface area (Å²) in [6.45, 7) is 1.94. The van der Waals surface area contributed by atoms with Gasteiger partial charge in [-0.3, -0.25) is 0 Å². The predicted molar refractivity (Wildman–Crippen MR) is 91.7 cm³/mol. The van der Waals surface area contributed by atoms with Crippen LogP contribution in [0.3, 0.4) is 0 Å². The molecule has 1 heterocycles. The molecule has 0 bridgehead atoms. The van der Waals surface area contributed by atoms with Crippen LogP contribution in [-0.4, -0.2) is 24.2 Å². The van der Waals surface area contributed by atoms with Gasteiger partial charge in [0, 0.05) is 24.3 Å². The molecule has 1 aromatic carbocycles. The van der Waals surface area contributed by atoms with Crippen LogP contribution in [0.1, 0.15) is 42.9 Å². The molecule has 0 fully saturated rings. The summed E-state index contributed by atoms with van der Waals surface area (Å²) in [7, 11) is 0.853. The molecule has 0 radical (unpaired) electrons. The molecule has 0 amide bonds. The van der Waals surface area contributed by atoms with E-state index in [1.54, 1.807) is 11.4 Å². The Balaban J connectivity index is 2.40. The van der Waals surface area contributed by atoms with Crippen LogP contribution in [0.25, 0.3) is 0 Å². The fourth-order valence-electron chi connectivity index (χ4n) is 2.62. The summed E-state index contributed by atoms with van der Waals surface area (Å²) in [6, 6.07) is 6.78. The number of alkyl halides is 3. The van der Waals surface area contributed by atoms with Crippen LogP contribution < -0.4 is 0 Å². The van der Waals surface area contributed by atoms with Gasteiger partial charge in [0.05, 0.1) is 0 Å². The van der Waals surface area contributed by atoms with Crippen molar-refractivity contribution in [1.29, 1.82) is 0 Å². The topological polar surface area (TPSA) is 48.4 Å². The normalized spacial score (nSPS) is 15.3. The highest BCUT2D eigenvalue weighted by molar-refractivity contribution is 7.09. The number of thiazole rings is 1. The number of ether oxygens (including phenoxy) is 2. The van der Waals surface area contributed by atoms with Crippen molar-refractivity contribution < 1.29 is 27.4 Å². The molecule has 0 saturated carbocycles. The predicted octanol–water partition coefficient (Wildman–Crippen LogP) is 5.02. The van der Waals surface area contributed by atoms with Gasteiger partial charge < -0.3 is 9.47 Å². The van der Waals surface area contributed by atoms with E-state index in [1.165, 1.54) is 41.8 Å². The van der Waals surface area contributed by atoms with Gasteiger partial charge in [0.15, 0.2) is 6.10 Å². The van der Waals surface area contributed by atoms with E-state index in [0.717, 1.165) is 13.5 Å². The van der Waals surface area contributed by atoms with E-state index in [1.807, 2.05) is 6.92 Å². The van der Waals surface area contributed by atoms with Gasteiger partial charge in [-0.15, -0.1) is 11.3 Å². The Hall–Kier alpha value is -1.93. The molecule has 0 aliphatic heterocycles. The standard InChI is InChI=1S/C18H20F3NO3S/c1-3-4-10-14(15-22-11-12-26-15)25-16(23)17(24-2,18(19,20)21)13-8-6-5-7-9-13/h5-9,11-12,14H,3-4,10H2,1-2H3/t14-,17-/m0/s1. The smallest absolute Gasteiger partial charge is 0.432 e. The van der Waals surface area contributed by atoms with Crippen molar-refractivity contribution in [1.82, 2.24) is 4.98 Å². The number of esters is 1. The summed E-state index contributed by atoms with van der Waals surface area (Å²) in [5.41, 5.74) is -3.51. The van der Waals surface area contributed by atoms with E-state index < -0.39 is 23.9 Å². The monoisotopic (exact) mass is 387 g/mol. The fourth-order valence-corrected chi connectivity index (χ4v) is 3.32. The molecule has 0 aliphatic carbocycles. The first-order chi connectivity index (χ1) is 12.4. The first kappa shape index (κ1) is 20.4. The molecule has 26 heavy (non-hydrogen) atoms. The number of rotatable bonds is 8. The van der Waals surface area contributed by atoms with Crippen molar-refractivity contribution >= 4 is 17.3 Å². The molecule has 0 unspecified atom stereocenters. The zero-order valence-electron chi connectivity index (χ0n) is 14.5. The fraction of sp³-hybridized carbons (Fsp3) is 0.444. The van der Waals surface area contributed by atoms with Crippen molar-refractivity contribution in [2.75, 3.05) is 7.11 Å². The highest BCUT2D eigenvalue weighted by atomic mass is 32.1. The second kappa shape index (κ2) is 8.64. The highest BCUT2D eigenvalue weighted by Gasteiger charge is 2.64. The SMILES string of the molecule is CCCC[C@H](OC(=O)[C@@](OC)(c1ccccc1)C(F)(F)F)c1nccs1. The zero-order valence-corrected chi connectivity index (χ0v) is 15.3. The molecule has 2 aromatic rings. The van der Waals surface area contributed by atoms with Gasteiger partial charge in [0.1, 0.15) is 5.01 Å². The summed E-state index contributed by atoms with van der Waals surface area (Å²) in [6.07, 6.45) is -2.41. The van der Waals surface area contributed by atoms with Gasteiger partial charge >= 0.3 is 12.1 Å². The van der Waals surface area contributed by atoms with Crippen LogP contribution >= 0.6 is 11.3 Å². The number of aromatic nitrogens is 1. The Labute approximate surface area is 154 Å². The van der Waals surface area contributed by atoms with Gasteiger partial charge in [-0.2, -0.15) is 13.2 Å². The van der Waals surface area contributed by atoms with Gasteiger partial charge in [-0.1, -0.05) is 43.7 Å². The molecule has 2 atom stereocenters. The van der Waals surface area contributed by atoms with Crippen LogP contribution in [0.15, 0.2) is 41.9 Å². The molecule has 4 nitrogen and oxygen atoms in total. The number of hydrogen-bond donors (Lipinski definition) is 0. The van der Waals surface area contributed by atoms with Gasteiger partial charge in [-0.25, -0.2) is 9.78 Å². The van der Waals surface area contributed by atoms with Gasteiger partial charge in [0.25, 0.3) is 5.60 Å². The van der Waals surface area contributed by atoms with Crippen molar-refractivity contribution in [3.63, 3.8) is 0 Å². The molecular weight excluding hydrogens is 367 g/mol. The Morgan fingerprint density at radius 3 is 2.46 bits per heavy atom. The summed E-state index contributed by atoms with van der Waals surface area (Å²) in [4.78, 5) is 16.8. The largest absolute Gasteiger partial charge is 0.452 e. The molecule has 2 rings (SSSR count). The average Bonchev–Trinajstić information content (AvgIpc) is 3.14. The molecule has 0 spiro atoms. The van der Waals surface area contributed by atoms with E-state index in [2.05, 4.69) is 4.98 Å². The number of benzene rings is 1. The highest BCUT2D eigenvalue weighted by Crippen LogP contribution is 2.44. The third-order valence-electron chi connectivity index (χ3n) is 3.97. The van der Waals surface area contributed by atoms with Crippen molar-refractivity contribution in [2.24, 2.45) is 0 Å². The molecule has 0 N–H and O–H groups in total. The third kappa shape index (κ3) is 4.07. The second-order valence-electron chi connectivity index (χ2n) is 5.66. The van der Waals surface area contributed by atoms with E-state index in [0.29, 0.717) is 17.8 Å². The minimum atomic E-state index is -4.99. The molecule has 0 saturated heterocycles. The Morgan fingerprint density at radius 1 is 1.27 bits per heavy atom. The van der Waals surface area contributed by atoms with Crippen LogP contribution in [-0.2, 0) is 19.9 Å². The molecular formula is C18H20F3NO3S. The molecule has 8 heteroatoms. The average molecular weight is 387 g/mol. The Morgan fingerprint density at radius 2 is 1.96 bits per heavy atom. The molecule has 0 aliphatic rings. The second-order valence-corrected chi connectivity index (χ2v) is 6.58. The number of carbonyl (C=O) groups is 1. The number of halogens is 3. The quantitative estimate of drug-likeness (QED) is 0.597. The maximum Gasteiger partial charge on any atom is 0.432 e. The summed E-state index contributed by atoms with van der Waals surface area (Å²) in [5.74, 6) is -1.49. The minimum Gasteiger partial charge on any atom is -0.452 e. The van der Waals surface area contributed by atoms with E-state index >= 15 is 0 Å².